The van der Waals surface area contributed by atoms with Crippen molar-refractivity contribution in [1.82, 2.24) is 0 Å². The second kappa shape index (κ2) is 8.85. The van der Waals surface area contributed by atoms with E-state index in [0.717, 1.165) is 30.4 Å². The first-order chi connectivity index (χ1) is 13.2. The zero-order valence-electron chi connectivity index (χ0n) is 14.3. The lowest BCUT2D eigenvalue weighted by Gasteiger charge is -1.99. The maximum atomic E-state index is 13.7. The Morgan fingerprint density at radius 1 is 0.929 bits per heavy atom. The van der Waals surface area contributed by atoms with Gasteiger partial charge in [-0.2, -0.15) is 10.5 Å². The summed E-state index contributed by atoms with van der Waals surface area (Å²) in [6.45, 7) is 0. The summed E-state index contributed by atoms with van der Waals surface area (Å²) in [6.07, 6.45) is 3.01. The minimum Gasteiger partial charge on any atom is -0.294 e. The number of nitrogens with zero attached hydrogens (tertiary/aromatic N) is 2. The van der Waals surface area contributed by atoms with Crippen molar-refractivity contribution in [2.24, 2.45) is 0 Å². The van der Waals surface area contributed by atoms with Crippen LogP contribution in [0.1, 0.15) is 22.3 Å². The monoisotopic (exact) mass is 398 g/mol. The Kier molecular flexibility index (Phi) is 6.54. The van der Waals surface area contributed by atoms with Crippen molar-refractivity contribution in [2.75, 3.05) is 5.75 Å². The van der Waals surface area contributed by atoms with Crippen LogP contribution in [0, 0.1) is 34.3 Å². The number of halogens is 2. The van der Waals surface area contributed by atoms with Crippen molar-refractivity contribution in [3.05, 3.63) is 81.8 Å². The van der Waals surface area contributed by atoms with Crippen LogP contribution in [0.15, 0.2) is 47.9 Å². The van der Waals surface area contributed by atoms with Gasteiger partial charge in [-0.25, -0.2) is 17.2 Å². The smallest absolute Gasteiger partial charge is 0.179 e. The Labute approximate surface area is 160 Å². The van der Waals surface area contributed by atoms with E-state index in [1.807, 2.05) is 0 Å². The lowest BCUT2D eigenvalue weighted by Crippen LogP contribution is -2.11. The molecule has 0 aliphatic heterocycles. The molecule has 2 aromatic carbocycles. The fourth-order valence-electron chi connectivity index (χ4n) is 2.12. The molecule has 0 aliphatic carbocycles. The lowest BCUT2D eigenvalue weighted by atomic mass is 10.1. The van der Waals surface area contributed by atoms with Gasteiger partial charge in [-0.15, -0.1) is 0 Å². The molecule has 2 rings (SSSR count). The molecule has 0 aliphatic rings. The van der Waals surface area contributed by atoms with Crippen molar-refractivity contribution in [2.45, 2.75) is 0 Å². The Hall–Kier alpha value is -3.62. The van der Waals surface area contributed by atoms with Crippen LogP contribution in [-0.2, 0) is 14.6 Å². The Morgan fingerprint density at radius 2 is 1.43 bits per heavy atom. The van der Waals surface area contributed by atoms with Crippen LogP contribution in [0.5, 0.6) is 0 Å². The number of allylic oxidation sites excluding steroid dienone is 1. The number of nitriles is 2. The predicted octanol–water partition coefficient (Wildman–Crippen LogP) is 3.38. The molecule has 5 nitrogen and oxygen atoms in total. The van der Waals surface area contributed by atoms with Gasteiger partial charge in [-0.05, 0) is 42.5 Å². The van der Waals surface area contributed by atoms with E-state index in [-0.39, 0.29) is 22.3 Å². The molecule has 140 valence electrons. The molecule has 0 atom stereocenters. The number of ketones is 1. The zero-order chi connectivity index (χ0) is 20.7. The average Bonchev–Trinajstić information content (AvgIpc) is 2.65. The fourth-order valence-corrected chi connectivity index (χ4v) is 3.06. The third-order valence-electron chi connectivity index (χ3n) is 3.51. The molecule has 2 aromatic rings. The molecule has 0 saturated carbocycles. The highest BCUT2D eigenvalue weighted by atomic mass is 32.2. The van der Waals surface area contributed by atoms with Gasteiger partial charge in [0.15, 0.2) is 15.6 Å². The van der Waals surface area contributed by atoms with Crippen LogP contribution in [0.25, 0.3) is 12.2 Å². The highest BCUT2D eigenvalue weighted by Crippen LogP contribution is 2.14. The number of rotatable bonds is 6. The van der Waals surface area contributed by atoms with E-state index >= 15 is 0 Å². The van der Waals surface area contributed by atoms with Gasteiger partial charge in [0.1, 0.15) is 17.4 Å². The van der Waals surface area contributed by atoms with Crippen LogP contribution in [0.2, 0.25) is 0 Å². The maximum Gasteiger partial charge on any atom is 0.179 e. The molecule has 0 aromatic heterocycles. The summed E-state index contributed by atoms with van der Waals surface area (Å²) in [5, 5.41) is 18.1. The molecule has 0 amide bonds. The molecule has 0 spiro atoms. The van der Waals surface area contributed by atoms with E-state index in [1.54, 1.807) is 12.1 Å². The molecular weight excluding hydrogens is 386 g/mol. The number of hydrogen-bond donors (Lipinski definition) is 0. The van der Waals surface area contributed by atoms with Crippen molar-refractivity contribution in [3.8, 4) is 12.1 Å². The van der Waals surface area contributed by atoms with Crippen molar-refractivity contribution >= 4 is 27.8 Å². The molecule has 0 heterocycles. The number of hydrogen-bond acceptors (Lipinski definition) is 5. The van der Waals surface area contributed by atoms with E-state index in [1.165, 1.54) is 24.3 Å². The number of sulfone groups is 1. The first kappa shape index (κ1) is 20.7. The van der Waals surface area contributed by atoms with Crippen LogP contribution < -0.4 is 0 Å². The summed E-state index contributed by atoms with van der Waals surface area (Å²) < 4.78 is 51.4. The normalized spacial score (nSPS) is 11.4. The highest BCUT2D eigenvalue weighted by Gasteiger charge is 2.12. The average molecular weight is 398 g/mol. The predicted molar refractivity (Wildman–Crippen MR) is 99.1 cm³/mol. The van der Waals surface area contributed by atoms with Crippen LogP contribution in [-0.4, -0.2) is 20.0 Å². The number of carbonyl (C=O) groups is 1. The van der Waals surface area contributed by atoms with E-state index in [2.05, 4.69) is 0 Å². The lowest BCUT2D eigenvalue weighted by molar-refractivity contribution is -0.112. The minimum absolute atomic E-state index is 0.0277. The molecule has 0 unspecified atom stereocenters. The van der Waals surface area contributed by atoms with E-state index in [0.29, 0.717) is 5.41 Å². The summed E-state index contributed by atoms with van der Waals surface area (Å²) in [4.78, 5) is 11.8. The van der Waals surface area contributed by atoms with Gasteiger partial charge >= 0.3 is 0 Å². The van der Waals surface area contributed by atoms with Gasteiger partial charge in [-0.3, -0.25) is 4.79 Å². The third-order valence-corrected chi connectivity index (χ3v) is 4.74. The Bertz CT molecular complexity index is 1170. The molecule has 0 bridgehead atoms. The van der Waals surface area contributed by atoms with Gasteiger partial charge in [0.05, 0.1) is 23.3 Å². The summed E-state index contributed by atoms with van der Waals surface area (Å²) in [5.41, 5.74) is 0.182. The fraction of sp³-hybridized carbons (Fsp3) is 0.0500. The molecule has 0 radical (unpaired) electrons. The molecule has 8 heteroatoms. The standard InChI is InChI=1S/C20H12F2N2O3S/c21-19-9-14(11-23)1-3-16(19)5-6-18(25)13-28(26,27)8-7-17-4-2-15(12-24)10-20(17)22/h1-10H,13H2/b6-5+,8-7?. The maximum absolute atomic E-state index is 13.7. The number of benzene rings is 2. The quantitative estimate of drug-likeness (QED) is 0.695. The summed E-state index contributed by atoms with van der Waals surface area (Å²) in [7, 11) is -3.99. The molecule has 0 saturated heterocycles. The van der Waals surface area contributed by atoms with Gasteiger partial charge in [0, 0.05) is 16.5 Å². The Morgan fingerprint density at radius 3 is 1.89 bits per heavy atom. The zero-order valence-corrected chi connectivity index (χ0v) is 15.1. The summed E-state index contributed by atoms with van der Waals surface area (Å²) >= 11 is 0. The van der Waals surface area contributed by atoms with Crippen LogP contribution >= 0.6 is 0 Å². The van der Waals surface area contributed by atoms with Crippen molar-refractivity contribution < 1.29 is 22.0 Å². The summed E-state index contributed by atoms with van der Waals surface area (Å²) in [5.74, 6) is -3.17. The van der Waals surface area contributed by atoms with E-state index in [9.17, 15) is 22.0 Å². The topological polar surface area (TPSA) is 98.8 Å². The summed E-state index contributed by atoms with van der Waals surface area (Å²) in [6, 6.07) is 10.7. The minimum atomic E-state index is -3.99. The van der Waals surface area contributed by atoms with E-state index < -0.39 is 33.0 Å². The third kappa shape index (κ3) is 5.70. The van der Waals surface area contributed by atoms with Gasteiger partial charge < -0.3 is 0 Å². The molecule has 0 fully saturated rings. The molecular formula is C20H12F2N2O3S. The van der Waals surface area contributed by atoms with E-state index in [4.69, 9.17) is 10.5 Å². The van der Waals surface area contributed by atoms with Gasteiger partial charge in [-0.1, -0.05) is 12.1 Å². The largest absolute Gasteiger partial charge is 0.294 e. The second-order valence-corrected chi connectivity index (χ2v) is 7.49. The highest BCUT2D eigenvalue weighted by molar-refractivity contribution is 7.95. The van der Waals surface area contributed by atoms with Crippen molar-refractivity contribution in [1.29, 1.82) is 10.5 Å². The van der Waals surface area contributed by atoms with Gasteiger partial charge in [0.25, 0.3) is 0 Å². The van der Waals surface area contributed by atoms with Crippen molar-refractivity contribution in [3.63, 3.8) is 0 Å². The first-order valence-corrected chi connectivity index (χ1v) is 9.46. The Balaban J connectivity index is 2.08. The van der Waals surface area contributed by atoms with Crippen LogP contribution in [0.4, 0.5) is 8.78 Å². The van der Waals surface area contributed by atoms with Crippen LogP contribution in [0.3, 0.4) is 0 Å². The first-order valence-electron chi connectivity index (χ1n) is 7.75. The van der Waals surface area contributed by atoms with Gasteiger partial charge in [0.2, 0.25) is 0 Å². The molecule has 28 heavy (non-hydrogen) atoms. The molecule has 0 N–H and O–H groups in total. The second-order valence-electron chi connectivity index (χ2n) is 5.61. The number of carbonyl (C=O) groups excluding carboxylic acids is 1. The SMILES string of the molecule is N#Cc1ccc(C=CS(=O)(=O)CC(=O)/C=C/c2ccc(C#N)cc2F)c(F)c1.